The molecule has 0 aliphatic rings. The van der Waals surface area contributed by atoms with Crippen LogP contribution in [0.3, 0.4) is 0 Å². The van der Waals surface area contributed by atoms with Crippen molar-refractivity contribution in [1.82, 2.24) is 0 Å². The van der Waals surface area contributed by atoms with Crippen molar-refractivity contribution in [3.8, 4) is 0 Å². The summed E-state index contributed by atoms with van der Waals surface area (Å²) in [6.45, 7) is 4.17. The quantitative estimate of drug-likeness (QED) is 0.0151. The van der Waals surface area contributed by atoms with Crippen LogP contribution in [0, 0.1) is 0 Å². The summed E-state index contributed by atoms with van der Waals surface area (Å²) >= 11 is 0. The lowest BCUT2D eigenvalue weighted by molar-refractivity contribution is -0.870. The molecule has 9 nitrogen and oxygen atoms in total. The molecular weight excluding hydrogens is 701 g/mol. The fourth-order valence-corrected chi connectivity index (χ4v) is 6.43. The number of allylic oxidation sites excluding steroid dienone is 6. The molecule has 0 aliphatic heterocycles. The van der Waals surface area contributed by atoms with Crippen LogP contribution in [-0.4, -0.2) is 70.0 Å². The van der Waals surface area contributed by atoms with Gasteiger partial charge in [-0.3, -0.25) is 14.2 Å². The summed E-state index contributed by atoms with van der Waals surface area (Å²) in [7, 11) is 1.15. The number of nitrogens with zero attached hydrogens (tertiary/aromatic N) is 1. The van der Waals surface area contributed by atoms with Crippen LogP contribution < -0.4 is 4.89 Å². The van der Waals surface area contributed by atoms with Gasteiger partial charge in [0.1, 0.15) is 19.8 Å². The minimum absolute atomic E-state index is 0.0345. The van der Waals surface area contributed by atoms with Gasteiger partial charge < -0.3 is 27.9 Å². The molecule has 0 bridgehead atoms. The molecule has 0 aromatic heterocycles. The Labute approximate surface area is 331 Å². The average molecular weight is 784 g/mol. The van der Waals surface area contributed by atoms with Gasteiger partial charge in [0.15, 0.2) is 6.10 Å². The smallest absolute Gasteiger partial charge is 0.306 e. The van der Waals surface area contributed by atoms with Crippen LogP contribution in [-0.2, 0) is 32.7 Å². The number of hydrogen-bond donors (Lipinski definition) is 0. The number of carbonyl (C=O) groups excluding carboxylic acids is 2. The molecule has 1 unspecified atom stereocenters. The topological polar surface area (TPSA) is 111 Å². The lowest BCUT2D eigenvalue weighted by atomic mass is 10.1. The van der Waals surface area contributed by atoms with Gasteiger partial charge in [0, 0.05) is 12.8 Å². The second-order valence-corrected chi connectivity index (χ2v) is 17.1. The van der Waals surface area contributed by atoms with Gasteiger partial charge in [-0.05, 0) is 64.2 Å². The van der Waals surface area contributed by atoms with E-state index in [0.717, 1.165) is 64.2 Å². The molecule has 0 aromatic carbocycles. The molecule has 0 amide bonds. The molecule has 0 heterocycles. The van der Waals surface area contributed by atoms with Gasteiger partial charge in [-0.1, -0.05) is 140 Å². The second kappa shape index (κ2) is 36.8. The van der Waals surface area contributed by atoms with Crippen molar-refractivity contribution in [2.24, 2.45) is 0 Å². The lowest BCUT2D eigenvalue weighted by Gasteiger charge is -2.28. The molecule has 54 heavy (non-hydrogen) atoms. The van der Waals surface area contributed by atoms with Gasteiger partial charge in [-0.25, -0.2) is 0 Å². The van der Waals surface area contributed by atoms with Crippen molar-refractivity contribution in [2.75, 3.05) is 47.5 Å². The number of phosphoric acid groups is 1. The molecule has 0 aromatic rings. The number of ether oxygens (including phenoxy) is 2. The molecule has 0 rings (SSSR count). The van der Waals surface area contributed by atoms with Gasteiger partial charge in [0.25, 0.3) is 7.82 Å². The summed E-state index contributed by atoms with van der Waals surface area (Å²) in [6.07, 6.45) is 40.2. The third-order valence-corrected chi connectivity index (χ3v) is 10.1. The first-order chi connectivity index (χ1) is 26.0. The Bertz CT molecular complexity index is 1020. The van der Waals surface area contributed by atoms with Crippen molar-refractivity contribution >= 4 is 19.8 Å². The SMILES string of the molecule is CCCCCC/C=C/C=C/CCCCCCCC(=O)OC[C@H](COP(=O)([O-])OCC[N+](C)(C)C)OC(=O)CCCCCCCCC/C=C/CCCCCC. The summed E-state index contributed by atoms with van der Waals surface area (Å²) in [4.78, 5) is 37.5. The number of phosphoric ester groups is 1. The standard InChI is InChI=1S/C44H82NO8P/c1-6-8-10-12-14-16-18-20-22-24-26-28-30-32-34-36-43(46)50-40-42(41-52-54(48,49)51-39-38-45(3,4)5)53-44(47)37-35-33-31-29-27-25-23-21-19-17-15-13-11-9-7-2/h16-20,22,42H,6-15,21,23-41H2,1-5H3/b18-16+,19-17+,22-20+/t42-/m1/s1. The predicted octanol–water partition coefficient (Wildman–Crippen LogP) is 11.5. The lowest BCUT2D eigenvalue weighted by Crippen LogP contribution is -2.37. The normalized spacial score (nSPS) is 14.0. The van der Waals surface area contributed by atoms with Gasteiger partial charge in [-0.2, -0.15) is 0 Å². The van der Waals surface area contributed by atoms with E-state index in [1.54, 1.807) is 0 Å². The van der Waals surface area contributed by atoms with E-state index in [1.165, 1.54) is 77.0 Å². The highest BCUT2D eigenvalue weighted by Crippen LogP contribution is 2.38. The number of hydrogen-bond acceptors (Lipinski definition) is 8. The molecule has 0 N–H and O–H groups in total. The van der Waals surface area contributed by atoms with Crippen molar-refractivity contribution in [3.63, 3.8) is 0 Å². The molecule has 316 valence electrons. The van der Waals surface area contributed by atoms with Crippen LogP contribution in [0.2, 0.25) is 0 Å². The highest BCUT2D eigenvalue weighted by Gasteiger charge is 2.21. The van der Waals surface area contributed by atoms with Crippen molar-refractivity contribution in [3.05, 3.63) is 36.5 Å². The minimum atomic E-state index is -4.63. The monoisotopic (exact) mass is 784 g/mol. The number of esters is 2. The maximum absolute atomic E-state index is 12.7. The van der Waals surface area contributed by atoms with E-state index in [-0.39, 0.29) is 26.1 Å². The van der Waals surface area contributed by atoms with Crippen LogP contribution >= 0.6 is 7.82 Å². The van der Waals surface area contributed by atoms with E-state index in [9.17, 15) is 19.0 Å². The maximum atomic E-state index is 12.7. The van der Waals surface area contributed by atoms with Crippen molar-refractivity contribution in [2.45, 2.75) is 187 Å². The zero-order chi connectivity index (χ0) is 40.0. The van der Waals surface area contributed by atoms with Crippen LogP contribution in [0.4, 0.5) is 0 Å². The van der Waals surface area contributed by atoms with Crippen LogP contribution in [0.5, 0.6) is 0 Å². The van der Waals surface area contributed by atoms with Crippen LogP contribution in [0.25, 0.3) is 0 Å². The molecule has 0 radical (unpaired) electrons. The van der Waals surface area contributed by atoms with Gasteiger partial charge >= 0.3 is 11.9 Å². The van der Waals surface area contributed by atoms with E-state index in [1.807, 2.05) is 21.1 Å². The first-order valence-electron chi connectivity index (χ1n) is 21.7. The molecule has 0 spiro atoms. The van der Waals surface area contributed by atoms with Gasteiger partial charge in [0.2, 0.25) is 0 Å². The Hall–Kier alpha value is -1.77. The third kappa shape index (κ3) is 39.9. The summed E-state index contributed by atoms with van der Waals surface area (Å²) < 4.78 is 33.9. The summed E-state index contributed by atoms with van der Waals surface area (Å²) in [5.41, 5.74) is 0. The molecule has 0 saturated carbocycles. The first-order valence-corrected chi connectivity index (χ1v) is 23.2. The molecule has 2 atom stereocenters. The molecule has 0 fully saturated rings. The Morgan fingerprint density at radius 1 is 0.574 bits per heavy atom. The summed E-state index contributed by atoms with van der Waals surface area (Å²) in [5.74, 6) is -0.857. The van der Waals surface area contributed by atoms with Crippen LogP contribution in [0.1, 0.15) is 181 Å². The van der Waals surface area contributed by atoms with E-state index in [2.05, 4.69) is 50.3 Å². The van der Waals surface area contributed by atoms with Crippen molar-refractivity contribution < 1.29 is 42.1 Å². The Morgan fingerprint density at radius 3 is 1.48 bits per heavy atom. The second-order valence-electron chi connectivity index (χ2n) is 15.7. The Kier molecular flexibility index (Phi) is 35.6. The Balaban J connectivity index is 4.40. The third-order valence-electron chi connectivity index (χ3n) is 9.16. The number of unbranched alkanes of at least 4 members (excludes halogenated alkanes) is 20. The highest BCUT2D eigenvalue weighted by atomic mass is 31.2. The zero-order valence-electron chi connectivity index (χ0n) is 35.4. The van der Waals surface area contributed by atoms with Gasteiger partial charge in [0.05, 0.1) is 27.7 Å². The van der Waals surface area contributed by atoms with E-state index in [4.69, 9.17) is 18.5 Å². The molecule has 0 aliphatic carbocycles. The fourth-order valence-electron chi connectivity index (χ4n) is 5.70. The summed E-state index contributed by atoms with van der Waals surface area (Å²) in [5, 5.41) is 0. The van der Waals surface area contributed by atoms with E-state index >= 15 is 0 Å². The predicted molar refractivity (Wildman–Crippen MR) is 222 cm³/mol. The summed E-state index contributed by atoms with van der Waals surface area (Å²) in [6, 6.07) is 0. The number of carbonyl (C=O) groups is 2. The van der Waals surface area contributed by atoms with Gasteiger partial charge in [-0.15, -0.1) is 0 Å². The molecular formula is C44H82NO8P. The first kappa shape index (κ1) is 52.2. The molecule has 10 heteroatoms. The minimum Gasteiger partial charge on any atom is -0.756 e. The average Bonchev–Trinajstić information content (AvgIpc) is 3.12. The number of quaternary nitrogens is 1. The zero-order valence-corrected chi connectivity index (χ0v) is 36.3. The molecule has 0 saturated heterocycles. The maximum Gasteiger partial charge on any atom is 0.306 e. The van der Waals surface area contributed by atoms with Crippen LogP contribution in [0.15, 0.2) is 36.5 Å². The van der Waals surface area contributed by atoms with E-state index in [0.29, 0.717) is 23.9 Å². The largest absolute Gasteiger partial charge is 0.756 e. The Morgan fingerprint density at radius 2 is 1.00 bits per heavy atom. The highest BCUT2D eigenvalue weighted by molar-refractivity contribution is 7.45. The number of likely N-dealkylation sites (N-methyl/N-ethyl adjacent to an activating group) is 1. The number of rotatable bonds is 39. The fraction of sp³-hybridized carbons (Fsp3) is 0.818. The van der Waals surface area contributed by atoms with Crippen molar-refractivity contribution in [1.29, 1.82) is 0 Å². The van der Waals surface area contributed by atoms with E-state index < -0.39 is 32.5 Å².